The fraction of sp³-hybridized carbons (Fsp3) is 0.933. The lowest BCUT2D eigenvalue weighted by molar-refractivity contribution is -0.0537. The summed E-state index contributed by atoms with van der Waals surface area (Å²) in [6, 6.07) is -0.396. The molecule has 5 heteroatoms. The van der Waals surface area contributed by atoms with E-state index in [0.29, 0.717) is 13.0 Å². The first-order valence-electron chi connectivity index (χ1n) is 7.24. The van der Waals surface area contributed by atoms with Crippen LogP contribution >= 0.6 is 0 Å². The minimum atomic E-state index is -0.570. The van der Waals surface area contributed by atoms with Gasteiger partial charge in [-0.3, -0.25) is 4.90 Å². The number of hydrogen-bond acceptors (Lipinski definition) is 4. The molecule has 0 aliphatic carbocycles. The molecule has 5 nitrogen and oxygen atoms in total. The first-order chi connectivity index (χ1) is 8.91. The third-order valence-electron chi connectivity index (χ3n) is 3.15. The lowest BCUT2D eigenvalue weighted by Crippen LogP contribution is -2.48. The van der Waals surface area contributed by atoms with Crippen LogP contribution in [0.5, 0.6) is 0 Å². The molecule has 1 heterocycles. The Labute approximate surface area is 122 Å². The number of aliphatic hydroxyl groups excluding tert-OH is 1. The molecule has 1 aliphatic rings. The summed E-state index contributed by atoms with van der Waals surface area (Å²) in [5, 5.41) is 10.1. The van der Waals surface area contributed by atoms with Gasteiger partial charge in [0.1, 0.15) is 5.60 Å². The van der Waals surface area contributed by atoms with E-state index in [-0.39, 0.29) is 23.8 Å². The Balaban J connectivity index is 2.76. The topological polar surface area (TPSA) is 59.0 Å². The van der Waals surface area contributed by atoms with Gasteiger partial charge in [-0.1, -0.05) is 0 Å². The average Bonchev–Trinajstić information content (AvgIpc) is 2.46. The summed E-state index contributed by atoms with van der Waals surface area (Å²) in [6.45, 7) is 13.6. The molecule has 20 heavy (non-hydrogen) atoms. The molecule has 0 spiro atoms. The van der Waals surface area contributed by atoms with Crippen molar-refractivity contribution in [1.82, 2.24) is 4.90 Å². The van der Waals surface area contributed by atoms with E-state index in [0.717, 1.165) is 0 Å². The van der Waals surface area contributed by atoms with Gasteiger partial charge in [-0.15, -0.1) is 0 Å². The highest BCUT2D eigenvalue weighted by atomic mass is 16.6. The highest BCUT2D eigenvalue weighted by molar-refractivity contribution is 5.69. The van der Waals surface area contributed by atoms with Crippen LogP contribution in [0.15, 0.2) is 0 Å². The van der Waals surface area contributed by atoms with E-state index in [1.165, 1.54) is 0 Å². The van der Waals surface area contributed by atoms with Gasteiger partial charge < -0.3 is 14.6 Å². The highest BCUT2D eigenvalue weighted by Gasteiger charge is 2.43. The summed E-state index contributed by atoms with van der Waals surface area (Å²) < 4.78 is 11.2. The molecule has 1 fully saturated rings. The fourth-order valence-corrected chi connectivity index (χ4v) is 2.29. The van der Waals surface area contributed by atoms with Crippen LogP contribution in [0.25, 0.3) is 0 Å². The van der Waals surface area contributed by atoms with Gasteiger partial charge in [0.2, 0.25) is 0 Å². The summed E-state index contributed by atoms with van der Waals surface area (Å²) in [5.41, 5.74) is -0.842. The second-order valence-electron chi connectivity index (χ2n) is 7.53. The average molecular weight is 287 g/mol. The predicted molar refractivity (Wildman–Crippen MR) is 77.7 cm³/mol. The zero-order valence-electron chi connectivity index (χ0n) is 13.8. The number of likely N-dealkylation sites (tertiary alicyclic amines) is 1. The molecule has 0 aromatic carbocycles. The largest absolute Gasteiger partial charge is 0.444 e. The van der Waals surface area contributed by atoms with Gasteiger partial charge in [0, 0.05) is 6.04 Å². The number of aliphatic hydroxyl groups is 1. The second kappa shape index (κ2) is 5.90. The van der Waals surface area contributed by atoms with Crippen molar-refractivity contribution in [2.45, 2.75) is 84.3 Å². The van der Waals surface area contributed by atoms with Gasteiger partial charge in [-0.05, 0) is 54.9 Å². The lowest BCUT2D eigenvalue weighted by atomic mass is 10.1. The molecule has 1 rings (SSSR count). The molecule has 0 aromatic heterocycles. The van der Waals surface area contributed by atoms with Crippen molar-refractivity contribution in [3.8, 4) is 0 Å². The van der Waals surface area contributed by atoms with Gasteiger partial charge >= 0.3 is 6.09 Å². The third kappa shape index (κ3) is 4.94. The molecule has 1 N–H and O–H groups in total. The third-order valence-corrected chi connectivity index (χ3v) is 3.15. The molecule has 1 aliphatic heterocycles. The van der Waals surface area contributed by atoms with Crippen LogP contribution in [0.1, 0.15) is 54.9 Å². The molecule has 0 saturated carbocycles. The molecule has 0 radical (unpaired) electrons. The summed E-state index contributed by atoms with van der Waals surface area (Å²) in [5.74, 6) is 0. The van der Waals surface area contributed by atoms with E-state index in [1.54, 1.807) is 4.90 Å². The summed E-state index contributed by atoms with van der Waals surface area (Å²) >= 11 is 0. The highest BCUT2D eigenvalue weighted by Crippen LogP contribution is 2.28. The van der Waals surface area contributed by atoms with Crippen LogP contribution in [0.3, 0.4) is 0 Å². The maximum atomic E-state index is 12.3. The fourth-order valence-electron chi connectivity index (χ4n) is 2.29. The van der Waals surface area contributed by atoms with Crippen LogP contribution in [-0.2, 0) is 9.47 Å². The van der Waals surface area contributed by atoms with E-state index in [4.69, 9.17) is 9.47 Å². The number of rotatable bonds is 2. The Morgan fingerprint density at radius 3 is 2.20 bits per heavy atom. The van der Waals surface area contributed by atoms with Crippen LogP contribution in [0.2, 0.25) is 0 Å². The van der Waals surface area contributed by atoms with E-state index < -0.39 is 11.7 Å². The van der Waals surface area contributed by atoms with Gasteiger partial charge in [-0.2, -0.15) is 0 Å². The number of ether oxygens (including phenoxy) is 2. The Morgan fingerprint density at radius 1 is 1.20 bits per heavy atom. The van der Waals surface area contributed by atoms with Crippen LogP contribution in [-0.4, -0.2) is 52.1 Å². The minimum Gasteiger partial charge on any atom is -0.444 e. The Kier molecular flexibility index (Phi) is 5.08. The standard InChI is InChI=1S/C15H29NO4/c1-10-8-12(17)11(9-19-14(2,3)4)16(10)13(18)20-15(5,6)7/h10-12,17H,8-9H2,1-7H3/t10-,11-,12-/m0/s1. The SMILES string of the molecule is C[C@H]1C[C@H](O)[C@H](COC(C)(C)C)N1C(=O)OC(C)(C)C. The molecular formula is C15H29NO4. The summed E-state index contributed by atoms with van der Waals surface area (Å²) in [7, 11) is 0. The zero-order valence-corrected chi connectivity index (χ0v) is 13.8. The minimum absolute atomic E-state index is 0.0478. The van der Waals surface area contributed by atoms with Crippen molar-refractivity contribution < 1.29 is 19.4 Å². The Morgan fingerprint density at radius 2 is 1.75 bits per heavy atom. The zero-order chi connectivity index (χ0) is 15.7. The first-order valence-corrected chi connectivity index (χ1v) is 7.24. The van der Waals surface area contributed by atoms with Gasteiger partial charge in [0.25, 0.3) is 0 Å². The number of hydrogen-bond donors (Lipinski definition) is 1. The molecule has 0 bridgehead atoms. The molecule has 0 unspecified atom stereocenters. The maximum Gasteiger partial charge on any atom is 0.410 e. The first kappa shape index (κ1) is 17.2. The normalized spacial score (nSPS) is 27.8. The monoisotopic (exact) mass is 287 g/mol. The number of carbonyl (C=O) groups is 1. The van der Waals surface area contributed by atoms with E-state index >= 15 is 0 Å². The quantitative estimate of drug-likeness (QED) is 0.848. The van der Waals surface area contributed by atoms with E-state index in [2.05, 4.69) is 0 Å². The van der Waals surface area contributed by atoms with Crippen molar-refractivity contribution in [3.63, 3.8) is 0 Å². The van der Waals surface area contributed by atoms with Gasteiger partial charge in [0.05, 0.1) is 24.4 Å². The van der Waals surface area contributed by atoms with Crippen molar-refractivity contribution in [2.75, 3.05) is 6.61 Å². The molecule has 1 amide bonds. The van der Waals surface area contributed by atoms with Crippen LogP contribution < -0.4 is 0 Å². The Bertz CT molecular complexity index is 343. The van der Waals surface area contributed by atoms with Crippen molar-refractivity contribution in [2.24, 2.45) is 0 Å². The predicted octanol–water partition coefficient (Wildman–Crippen LogP) is 2.56. The van der Waals surface area contributed by atoms with Gasteiger partial charge in [-0.25, -0.2) is 4.79 Å². The molecule has 1 saturated heterocycles. The van der Waals surface area contributed by atoms with Crippen molar-refractivity contribution in [1.29, 1.82) is 0 Å². The number of carbonyl (C=O) groups excluding carboxylic acids is 1. The summed E-state index contributed by atoms with van der Waals surface area (Å²) in [4.78, 5) is 13.9. The van der Waals surface area contributed by atoms with Crippen LogP contribution in [0, 0.1) is 0 Å². The molecular weight excluding hydrogens is 258 g/mol. The van der Waals surface area contributed by atoms with Crippen LogP contribution in [0.4, 0.5) is 4.79 Å². The van der Waals surface area contributed by atoms with E-state index in [9.17, 15) is 9.90 Å². The second-order valence-corrected chi connectivity index (χ2v) is 7.53. The van der Waals surface area contributed by atoms with Crippen molar-refractivity contribution in [3.05, 3.63) is 0 Å². The molecule has 3 atom stereocenters. The molecule has 118 valence electrons. The van der Waals surface area contributed by atoms with E-state index in [1.807, 2.05) is 48.5 Å². The summed E-state index contributed by atoms with van der Waals surface area (Å²) in [6.07, 6.45) is -0.402. The lowest BCUT2D eigenvalue weighted by Gasteiger charge is -2.33. The maximum absolute atomic E-state index is 12.3. The van der Waals surface area contributed by atoms with Gasteiger partial charge in [0.15, 0.2) is 0 Å². The Hall–Kier alpha value is -0.810. The smallest absolute Gasteiger partial charge is 0.410 e. The van der Waals surface area contributed by atoms with Crippen molar-refractivity contribution >= 4 is 6.09 Å². The molecule has 0 aromatic rings. The number of nitrogens with zero attached hydrogens (tertiary/aromatic N) is 1. The number of amides is 1.